The average molecular weight is 269 g/mol. The number of aryl methyl sites for hydroxylation is 2. The van der Waals surface area contributed by atoms with Crippen molar-refractivity contribution >= 4 is 11.6 Å². The summed E-state index contributed by atoms with van der Waals surface area (Å²) in [5.41, 5.74) is 3.11. The van der Waals surface area contributed by atoms with Crippen molar-refractivity contribution < 1.29 is 9.53 Å². The maximum Gasteiger partial charge on any atom is 0.224 e. The largest absolute Gasteiger partial charge is 0.495 e. The summed E-state index contributed by atoms with van der Waals surface area (Å²) in [4.78, 5) is 12.0. The average Bonchev–Trinajstić information content (AvgIpc) is 2.46. The van der Waals surface area contributed by atoms with Crippen LogP contribution < -0.4 is 10.1 Å². The molecule has 3 nitrogen and oxygen atoms in total. The Morgan fingerprint density at radius 1 is 1.15 bits per heavy atom. The molecule has 3 heteroatoms. The van der Waals surface area contributed by atoms with E-state index < -0.39 is 0 Å². The van der Waals surface area contributed by atoms with Crippen molar-refractivity contribution in [1.29, 1.82) is 0 Å². The van der Waals surface area contributed by atoms with E-state index >= 15 is 0 Å². The second-order valence-corrected chi connectivity index (χ2v) is 4.74. The summed E-state index contributed by atoms with van der Waals surface area (Å²) in [6.07, 6.45) is 1.20. The highest BCUT2D eigenvalue weighted by molar-refractivity contribution is 5.92. The fourth-order valence-corrected chi connectivity index (χ4v) is 2.09. The van der Waals surface area contributed by atoms with Crippen molar-refractivity contribution in [2.45, 2.75) is 19.8 Å². The first-order valence-corrected chi connectivity index (χ1v) is 6.67. The fourth-order valence-electron chi connectivity index (χ4n) is 2.09. The summed E-state index contributed by atoms with van der Waals surface area (Å²) in [7, 11) is 1.59. The van der Waals surface area contributed by atoms with E-state index in [2.05, 4.69) is 24.4 Å². The Balaban J connectivity index is 1.93. The molecule has 1 amide bonds. The minimum atomic E-state index is -0.00370. The van der Waals surface area contributed by atoms with Crippen LogP contribution in [0.25, 0.3) is 0 Å². The number of amides is 1. The van der Waals surface area contributed by atoms with E-state index in [1.54, 1.807) is 7.11 Å². The predicted octanol–water partition coefficient (Wildman–Crippen LogP) is 3.57. The van der Waals surface area contributed by atoms with Gasteiger partial charge in [-0.3, -0.25) is 4.79 Å². The summed E-state index contributed by atoms with van der Waals surface area (Å²) in [6.45, 7) is 2.05. The Morgan fingerprint density at radius 2 is 1.95 bits per heavy atom. The van der Waals surface area contributed by atoms with Gasteiger partial charge in [0, 0.05) is 6.42 Å². The molecule has 0 aliphatic heterocycles. The Hall–Kier alpha value is -2.29. The molecular formula is C17H19NO2. The van der Waals surface area contributed by atoms with E-state index in [1.807, 2.05) is 36.4 Å². The van der Waals surface area contributed by atoms with Gasteiger partial charge in [-0.2, -0.15) is 0 Å². The Kier molecular flexibility index (Phi) is 4.77. The van der Waals surface area contributed by atoms with Gasteiger partial charge < -0.3 is 10.1 Å². The second kappa shape index (κ2) is 6.75. The van der Waals surface area contributed by atoms with Gasteiger partial charge in [0.25, 0.3) is 0 Å². The standard InChI is InChI=1S/C17H19NO2/c1-13-6-5-7-14(12-13)10-11-17(19)18-15-8-3-4-9-16(15)20-2/h3-9,12H,10-11H2,1-2H3,(H,18,19). The molecule has 2 aromatic carbocycles. The molecule has 2 rings (SSSR count). The normalized spacial score (nSPS) is 10.1. The topological polar surface area (TPSA) is 38.3 Å². The van der Waals surface area contributed by atoms with E-state index in [0.717, 1.165) is 6.42 Å². The molecule has 0 spiro atoms. The summed E-state index contributed by atoms with van der Waals surface area (Å²) in [6, 6.07) is 15.6. The maximum atomic E-state index is 12.0. The van der Waals surface area contributed by atoms with E-state index in [-0.39, 0.29) is 5.91 Å². The number of methoxy groups -OCH3 is 1. The summed E-state index contributed by atoms with van der Waals surface area (Å²) < 4.78 is 5.21. The summed E-state index contributed by atoms with van der Waals surface area (Å²) >= 11 is 0. The van der Waals surface area contributed by atoms with Gasteiger partial charge in [-0.1, -0.05) is 42.0 Å². The van der Waals surface area contributed by atoms with Gasteiger partial charge in [-0.25, -0.2) is 0 Å². The zero-order valence-electron chi connectivity index (χ0n) is 11.8. The minimum absolute atomic E-state index is 0.00370. The van der Waals surface area contributed by atoms with Crippen LogP contribution in [0, 0.1) is 6.92 Å². The van der Waals surface area contributed by atoms with Crippen LogP contribution in [0.3, 0.4) is 0 Å². The SMILES string of the molecule is COc1ccccc1NC(=O)CCc1cccc(C)c1. The van der Waals surface area contributed by atoms with Crippen LogP contribution in [0.2, 0.25) is 0 Å². The van der Waals surface area contributed by atoms with Gasteiger partial charge in [-0.15, -0.1) is 0 Å². The molecule has 0 aliphatic rings. The molecule has 20 heavy (non-hydrogen) atoms. The number of hydrogen-bond donors (Lipinski definition) is 1. The van der Waals surface area contributed by atoms with Crippen LogP contribution in [0.15, 0.2) is 48.5 Å². The first-order chi connectivity index (χ1) is 9.69. The van der Waals surface area contributed by atoms with Crippen LogP contribution in [-0.2, 0) is 11.2 Å². The molecule has 0 saturated carbocycles. The Labute approximate surface area is 119 Å². The highest BCUT2D eigenvalue weighted by Gasteiger charge is 2.07. The fraction of sp³-hybridized carbons (Fsp3) is 0.235. The number of carbonyl (C=O) groups is 1. The number of nitrogens with one attached hydrogen (secondary N) is 1. The molecule has 0 heterocycles. The highest BCUT2D eigenvalue weighted by atomic mass is 16.5. The van der Waals surface area contributed by atoms with Gasteiger partial charge in [0.1, 0.15) is 5.75 Å². The van der Waals surface area contributed by atoms with Gasteiger partial charge in [0.2, 0.25) is 5.91 Å². The molecule has 0 fully saturated rings. The van der Waals surface area contributed by atoms with E-state index in [0.29, 0.717) is 17.9 Å². The van der Waals surface area contributed by atoms with Crippen molar-refractivity contribution in [1.82, 2.24) is 0 Å². The third kappa shape index (κ3) is 3.85. The van der Waals surface area contributed by atoms with Crippen molar-refractivity contribution in [3.8, 4) is 5.75 Å². The van der Waals surface area contributed by atoms with Crippen LogP contribution in [0.1, 0.15) is 17.5 Å². The van der Waals surface area contributed by atoms with Crippen molar-refractivity contribution in [2.75, 3.05) is 12.4 Å². The predicted molar refractivity (Wildman–Crippen MR) is 81.1 cm³/mol. The number of benzene rings is 2. The minimum Gasteiger partial charge on any atom is -0.495 e. The molecule has 2 aromatic rings. The maximum absolute atomic E-state index is 12.0. The van der Waals surface area contributed by atoms with Crippen LogP contribution >= 0.6 is 0 Å². The lowest BCUT2D eigenvalue weighted by Gasteiger charge is -2.09. The van der Waals surface area contributed by atoms with Crippen LogP contribution in [0.5, 0.6) is 5.75 Å². The molecule has 0 radical (unpaired) electrons. The molecule has 0 aliphatic carbocycles. The van der Waals surface area contributed by atoms with E-state index in [4.69, 9.17) is 4.74 Å². The molecule has 0 unspecified atom stereocenters. The summed E-state index contributed by atoms with van der Waals surface area (Å²) in [5, 5.41) is 2.88. The molecule has 0 saturated heterocycles. The van der Waals surface area contributed by atoms with Gasteiger partial charge in [0.05, 0.1) is 12.8 Å². The van der Waals surface area contributed by atoms with E-state index in [1.165, 1.54) is 11.1 Å². The number of hydrogen-bond acceptors (Lipinski definition) is 2. The van der Waals surface area contributed by atoms with E-state index in [9.17, 15) is 4.79 Å². The number of ether oxygens (including phenoxy) is 1. The third-order valence-electron chi connectivity index (χ3n) is 3.10. The van der Waals surface area contributed by atoms with Gasteiger partial charge in [-0.05, 0) is 31.0 Å². The van der Waals surface area contributed by atoms with Crippen LogP contribution in [0.4, 0.5) is 5.69 Å². The van der Waals surface area contributed by atoms with Crippen molar-refractivity contribution in [3.63, 3.8) is 0 Å². The molecular weight excluding hydrogens is 250 g/mol. The zero-order chi connectivity index (χ0) is 14.4. The molecule has 104 valence electrons. The monoisotopic (exact) mass is 269 g/mol. The smallest absolute Gasteiger partial charge is 0.224 e. The van der Waals surface area contributed by atoms with Gasteiger partial charge >= 0.3 is 0 Å². The Morgan fingerprint density at radius 3 is 2.70 bits per heavy atom. The number of anilines is 1. The third-order valence-corrected chi connectivity index (χ3v) is 3.10. The van der Waals surface area contributed by atoms with Crippen LogP contribution in [-0.4, -0.2) is 13.0 Å². The second-order valence-electron chi connectivity index (χ2n) is 4.74. The quantitative estimate of drug-likeness (QED) is 0.901. The first-order valence-electron chi connectivity index (χ1n) is 6.67. The molecule has 0 atom stereocenters. The van der Waals surface area contributed by atoms with Gasteiger partial charge in [0.15, 0.2) is 0 Å². The highest BCUT2D eigenvalue weighted by Crippen LogP contribution is 2.23. The van der Waals surface area contributed by atoms with Crippen molar-refractivity contribution in [2.24, 2.45) is 0 Å². The lowest BCUT2D eigenvalue weighted by molar-refractivity contribution is -0.116. The first kappa shape index (κ1) is 14.1. The zero-order valence-corrected chi connectivity index (χ0v) is 11.8. The number of rotatable bonds is 5. The number of para-hydroxylation sites is 2. The molecule has 0 bridgehead atoms. The lowest BCUT2D eigenvalue weighted by Crippen LogP contribution is -2.13. The molecule has 0 aromatic heterocycles. The Bertz CT molecular complexity index is 593. The molecule has 1 N–H and O–H groups in total. The lowest BCUT2D eigenvalue weighted by atomic mass is 10.1. The van der Waals surface area contributed by atoms with Crippen molar-refractivity contribution in [3.05, 3.63) is 59.7 Å². The summed E-state index contributed by atoms with van der Waals surface area (Å²) in [5.74, 6) is 0.674. The number of carbonyl (C=O) groups excluding carboxylic acids is 1.